The first-order chi connectivity index (χ1) is 6.69. The van der Waals surface area contributed by atoms with Gasteiger partial charge in [-0.25, -0.2) is 9.59 Å². The third-order valence-corrected chi connectivity index (χ3v) is 2.08. The molecule has 0 saturated heterocycles. The van der Waals surface area contributed by atoms with Crippen molar-refractivity contribution in [1.82, 2.24) is 14.3 Å². The quantitative estimate of drug-likeness (QED) is 0.792. The molecule has 0 aliphatic rings. The number of nitrogens with one attached hydrogen (secondary N) is 1. The highest BCUT2D eigenvalue weighted by atomic mass is 32.1. The summed E-state index contributed by atoms with van der Waals surface area (Å²) < 4.78 is 5.83. The van der Waals surface area contributed by atoms with E-state index >= 15 is 0 Å². The fourth-order valence-corrected chi connectivity index (χ4v) is 1.42. The molecule has 6 nitrogen and oxygen atoms in total. The van der Waals surface area contributed by atoms with E-state index in [1.54, 1.807) is 6.92 Å². The van der Waals surface area contributed by atoms with Crippen LogP contribution in [0.5, 0.6) is 5.19 Å². The van der Waals surface area contributed by atoms with Gasteiger partial charge < -0.3 is 10.1 Å². The van der Waals surface area contributed by atoms with Crippen LogP contribution in [-0.4, -0.2) is 21.6 Å². The Morgan fingerprint density at radius 3 is 3.14 bits per heavy atom. The Labute approximate surface area is 84.0 Å². The van der Waals surface area contributed by atoms with Gasteiger partial charge in [0.05, 0.1) is 6.61 Å². The van der Waals surface area contributed by atoms with Crippen molar-refractivity contribution >= 4 is 17.6 Å². The maximum Gasteiger partial charge on any atom is 0.369 e. The predicted molar refractivity (Wildman–Crippen MR) is 51.7 cm³/mol. The molecule has 14 heavy (non-hydrogen) atoms. The van der Waals surface area contributed by atoms with Crippen molar-refractivity contribution < 1.29 is 9.53 Å². The lowest BCUT2D eigenvalue weighted by molar-refractivity contribution is 0.247. The Bertz CT molecular complexity index is 395. The number of carbonyl (C=O) groups is 1. The molecule has 1 N–H and O–H groups in total. The number of hydrogen-bond acceptors (Lipinski definition) is 5. The van der Waals surface area contributed by atoms with Crippen LogP contribution in [0, 0.1) is 0 Å². The molecule has 76 valence electrons. The lowest BCUT2D eigenvalue weighted by Crippen LogP contribution is -2.30. The second-order valence-electron chi connectivity index (χ2n) is 2.13. The highest BCUT2D eigenvalue weighted by molar-refractivity contribution is 7.09. The van der Waals surface area contributed by atoms with E-state index in [1.165, 1.54) is 6.20 Å². The Kier molecular flexibility index (Phi) is 3.41. The molecule has 1 heterocycles. The van der Waals surface area contributed by atoms with E-state index < -0.39 is 11.7 Å². The maximum absolute atomic E-state index is 11.2. The summed E-state index contributed by atoms with van der Waals surface area (Å²) in [6.07, 6.45) is 1.19. The molecule has 1 amide bonds. The molecule has 0 atom stereocenters. The smallest absolute Gasteiger partial charge is 0.369 e. The van der Waals surface area contributed by atoms with Crippen LogP contribution < -0.4 is 15.7 Å². The molecule has 0 bridgehead atoms. The molecule has 1 rings (SSSR count). The van der Waals surface area contributed by atoms with Crippen LogP contribution in [0.15, 0.2) is 17.6 Å². The van der Waals surface area contributed by atoms with Crippen molar-refractivity contribution in [2.24, 2.45) is 0 Å². The summed E-state index contributed by atoms with van der Waals surface area (Å²) in [5, 5.41) is 2.44. The fraction of sp³-hybridized carbons (Fsp3) is 0.286. The van der Waals surface area contributed by atoms with Crippen LogP contribution in [0.1, 0.15) is 6.92 Å². The van der Waals surface area contributed by atoms with Crippen LogP contribution >= 0.6 is 11.5 Å². The summed E-state index contributed by atoms with van der Waals surface area (Å²) in [4.78, 5) is 25.8. The molecule has 0 spiro atoms. The van der Waals surface area contributed by atoms with Crippen molar-refractivity contribution in [3.8, 4) is 5.19 Å². The first-order valence-electron chi connectivity index (χ1n) is 3.84. The maximum atomic E-state index is 11.2. The normalized spacial score (nSPS) is 9.50. The lowest BCUT2D eigenvalue weighted by atomic mass is 10.9. The van der Waals surface area contributed by atoms with E-state index in [0.717, 1.165) is 15.5 Å². The fourth-order valence-electron chi connectivity index (χ4n) is 0.717. The van der Waals surface area contributed by atoms with Crippen LogP contribution in [0.25, 0.3) is 0 Å². The Hall–Kier alpha value is -1.63. The molecule has 0 aliphatic carbocycles. The SMILES string of the molecule is C=CNC(=O)n1sc(OCC)nc1=O. The molecule has 1 aromatic rings. The van der Waals surface area contributed by atoms with Crippen LogP contribution in [0.2, 0.25) is 0 Å². The number of rotatable bonds is 3. The van der Waals surface area contributed by atoms with Gasteiger partial charge in [-0.1, -0.05) is 6.58 Å². The first-order valence-corrected chi connectivity index (χ1v) is 4.61. The second-order valence-corrected chi connectivity index (χ2v) is 3.03. The van der Waals surface area contributed by atoms with E-state index in [4.69, 9.17) is 4.74 Å². The monoisotopic (exact) mass is 215 g/mol. The van der Waals surface area contributed by atoms with Gasteiger partial charge in [0.25, 0.3) is 5.19 Å². The minimum absolute atomic E-state index is 0.178. The van der Waals surface area contributed by atoms with Gasteiger partial charge in [0.15, 0.2) is 0 Å². The number of aromatic nitrogens is 2. The molecule has 0 aromatic carbocycles. The van der Waals surface area contributed by atoms with Gasteiger partial charge in [0.2, 0.25) is 0 Å². The number of nitrogens with zero attached hydrogens (tertiary/aromatic N) is 2. The third kappa shape index (κ3) is 2.19. The topological polar surface area (TPSA) is 73.2 Å². The minimum Gasteiger partial charge on any atom is -0.469 e. The van der Waals surface area contributed by atoms with Gasteiger partial charge in [-0.3, -0.25) is 0 Å². The predicted octanol–water partition coefficient (Wildman–Crippen LogP) is 0.405. The molecule has 0 aliphatic heterocycles. The summed E-state index contributed by atoms with van der Waals surface area (Å²) >= 11 is 0.843. The highest BCUT2D eigenvalue weighted by Gasteiger charge is 2.12. The van der Waals surface area contributed by atoms with E-state index in [2.05, 4.69) is 16.9 Å². The third-order valence-electron chi connectivity index (χ3n) is 1.21. The van der Waals surface area contributed by atoms with Gasteiger partial charge in [-0.2, -0.15) is 3.96 Å². The number of carbonyl (C=O) groups excluding carboxylic acids is 1. The number of ether oxygens (including phenoxy) is 1. The first kappa shape index (κ1) is 10.5. The Balaban J connectivity index is 2.92. The standard InChI is InChI=1S/C7H9N3O3S/c1-3-8-5(11)10-6(12)9-7(14-10)13-4-2/h3H,1,4H2,2H3,(H,8,11). The van der Waals surface area contributed by atoms with Crippen LogP contribution in [-0.2, 0) is 0 Å². The number of amides is 1. The average molecular weight is 215 g/mol. The van der Waals surface area contributed by atoms with Crippen molar-refractivity contribution in [2.75, 3.05) is 6.61 Å². The Morgan fingerprint density at radius 2 is 2.57 bits per heavy atom. The Morgan fingerprint density at radius 1 is 1.86 bits per heavy atom. The van der Waals surface area contributed by atoms with E-state index in [9.17, 15) is 9.59 Å². The molecule has 7 heteroatoms. The highest BCUT2D eigenvalue weighted by Crippen LogP contribution is 2.10. The van der Waals surface area contributed by atoms with Crippen molar-refractivity contribution in [1.29, 1.82) is 0 Å². The molecular formula is C7H9N3O3S. The summed E-state index contributed by atoms with van der Waals surface area (Å²) in [5.74, 6) is 0. The molecule has 0 unspecified atom stereocenters. The second kappa shape index (κ2) is 4.56. The van der Waals surface area contributed by atoms with E-state index in [1.807, 2.05) is 0 Å². The van der Waals surface area contributed by atoms with Gasteiger partial charge in [0.1, 0.15) is 0 Å². The van der Waals surface area contributed by atoms with Crippen LogP contribution in [0.4, 0.5) is 4.79 Å². The van der Waals surface area contributed by atoms with E-state index in [0.29, 0.717) is 6.61 Å². The van der Waals surface area contributed by atoms with Gasteiger partial charge in [0, 0.05) is 11.5 Å². The van der Waals surface area contributed by atoms with E-state index in [-0.39, 0.29) is 5.19 Å². The molecular weight excluding hydrogens is 206 g/mol. The summed E-state index contributed by atoms with van der Waals surface area (Å²) in [5.41, 5.74) is -0.655. The summed E-state index contributed by atoms with van der Waals surface area (Å²) in [6.45, 7) is 5.47. The zero-order valence-electron chi connectivity index (χ0n) is 7.52. The lowest BCUT2D eigenvalue weighted by Gasteiger charge is -1.95. The molecule has 1 aromatic heterocycles. The molecule has 0 saturated carbocycles. The summed E-state index contributed by atoms with van der Waals surface area (Å²) in [6, 6.07) is -0.589. The molecule has 0 radical (unpaired) electrons. The minimum atomic E-state index is -0.655. The van der Waals surface area contributed by atoms with Gasteiger partial charge >= 0.3 is 11.7 Å². The van der Waals surface area contributed by atoms with Crippen molar-refractivity contribution in [2.45, 2.75) is 6.92 Å². The zero-order valence-corrected chi connectivity index (χ0v) is 8.34. The van der Waals surface area contributed by atoms with Crippen molar-refractivity contribution in [3.05, 3.63) is 23.3 Å². The summed E-state index contributed by atoms with van der Waals surface area (Å²) in [7, 11) is 0. The largest absolute Gasteiger partial charge is 0.469 e. The van der Waals surface area contributed by atoms with Crippen molar-refractivity contribution in [3.63, 3.8) is 0 Å². The van der Waals surface area contributed by atoms with Crippen LogP contribution in [0.3, 0.4) is 0 Å². The molecule has 0 fully saturated rings. The van der Waals surface area contributed by atoms with Gasteiger partial charge in [-0.15, -0.1) is 4.98 Å². The average Bonchev–Trinajstić information content (AvgIpc) is 2.48. The zero-order chi connectivity index (χ0) is 10.6. The number of hydrogen-bond donors (Lipinski definition) is 1. The van der Waals surface area contributed by atoms with Gasteiger partial charge in [-0.05, 0) is 13.1 Å².